The maximum absolute atomic E-state index is 12.9. The van der Waals surface area contributed by atoms with E-state index in [0.29, 0.717) is 18.8 Å². The molecule has 1 saturated carbocycles. The van der Waals surface area contributed by atoms with Gasteiger partial charge in [0.2, 0.25) is 5.76 Å². The van der Waals surface area contributed by atoms with Gasteiger partial charge >= 0.3 is 0 Å². The number of likely N-dealkylation sites (tertiary alicyclic amines) is 1. The molecule has 2 heterocycles. The van der Waals surface area contributed by atoms with E-state index < -0.39 is 0 Å². The molecule has 1 amide bonds. The van der Waals surface area contributed by atoms with E-state index >= 15 is 0 Å². The summed E-state index contributed by atoms with van der Waals surface area (Å²) in [6.07, 6.45) is 8.04. The molecule has 1 aliphatic heterocycles. The van der Waals surface area contributed by atoms with Crippen molar-refractivity contribution in [1.82, 2.24) is 15.4 Å². The molecule has 1 aromatic carbocycles. The van der Waals surface area contributed by atoms with Gasteiger partial charge in [-0.1, -0.05) is 29.4 Å². The van der Waals surface area contributed by atoms with Gasteiger partial charge in [-0.3, -0.25) is 9.79 Å². The molecule has 0 radical (unpaired) electrons. The molecule has 4 rings (SSSR count). The number of nitrogens with one attached hydrogen (secondary N) is 1. The standard InChI is InChI=1S/C22H24N6O2/c1-25-12-17(11-23)15-2-4-16(5-3-15)19-8-20(30-27-19)21(29)28-7-6-22(13-28)9-18(10-22)26-14-24/h2-5,8,11-12,18,26H,6-7,9-10,13,23H2,1H3/b17-11+,25-12?. The fourth-order valence-corrected chi connectivity index (χ4v) is 4.47. The van der Waals surface area contributed by atoms with Crippen molar-refractivity contribution in [2.45, 2.75) is 25.3 Å². The lowest BCUT2D eigenvalue weighted by molar-refractivity contribution is 0.0646. The number of aliphatic imine (C=N–C) groups is 1. The first-order chi connectivity index (χ1) is 14.6. The van der Waals surface area contributed by atoms with E-state index in [-0.39, 0.29) is 23.1 Å². The molecule has 30 heavy (non-hydrogen) atoms. The van der Waals surface area contributed by atoms with Crippen LogP contribution < -0.4 is 11.1 Å². The van der Waals surface area contributed by atoms with Crippen LogP contribution in [0.15, 0.2) is 46.0 Å². The number of allylic oxidation sites excluding steroid dienone is 1. The predicted octanol–water partition coefficient (Wildman–Crippen LogP) is 2.41. The lowest BCUT2D eigenvalue weighted by atomic mass is 9.65. The second-order valence-electron chi connectivity index (χ2n) is 8.00. The number of carbonyl (C=O) groups is 1. The van der Waals surface area contributed by atoms with Crippen molar-refractivity contribution >= 4 is 17.7 Å². The molecule has 1 aliphatic carbocycles. The van der Waals surface area contributed by atoms with Gasteiger partial charge in [-0.05, 0) is 30.2 Å². The predicted molar refractivity (Wildman–Crippen MR) is 113 cm³/mol. The van der Waals surface area contributed by atoms with Crippen molar-refractivity contribution < 1.29 is 9.32 Å². The zero-order valence-corrected chi connectivity index (χ0v) is 16.8. The zero-order valence-electron chi connectivity index (χ0n) is 16.8. The molecule has 0 bridgehead atoms. The Morgan fingerprint density at radius 1 is 1.43 bits per heavy atom. The van der Waals surface area contributed by atoms with Gasteiger partial charge in [-0.15, -0.1) is 0 Å². The number of nitriles is 1. The zero-order chi connectivity index (χ0) is 21.1. The Labute approximate surface area is 175 Å². The van der Waals surface area contributed by atoms with Gasteiger partial charge in [0.15, 0.2) is 6.19 Å². The number of hydrogen-bond donors (Lipinski definition) is 2. The second kappa shape index (κ2) is 8.03. The monoisotopic (exact) mass is 404 g/mol. The lowest BCUT2D eigenvalue weighted by Gasteiger charge is -2.44. The van der Waals surface area contributed by atoms with E-state index in [9.17, 15) is 4.79 Å². The van der Waals surface area contributed by atoms with Crippen LogP contribution in [0.4, 0.5) is 0 Å². The first kappa shape index (κ1) is 19.7. The highest BCUT2D eigenvalue weighted by atomic mass is 16.5. The minimum absolute atomic E-state index is 0.133. The van der Waals surface area contributed by atoms with Gasteiger partial charge in [0.1, 0.15) is 5.69 Å². The van der Waals surface area contributed by atoms with Crippen molar-refractivity contribution in [2.24, 2.45) is 16.1 Å². The maximum atomic E-state index is 12.9. The Morgan fingerprint density at radius 3 is 2.87 bits per heavy atom. The molecule has 2 aromatic rings. The topological polar surface area (TPSA) is 121 Å². The molecular formula is C22H24N6O2. The number of carbonyl (C=O) groups excluding carboxylic acids is 1. The van der Waals surface area contributed by atoms with Crippen LogP contribution in [0.25, 0.3) is 16.8 Å². The first-order valence-corrected chi connectivity index (χ1v) is 9.93. The molecule has 1 saturated heterocycles. The molecule has 1 aromatic heterocycles. The van der Waals surface area contributed by atoms with E-state index in [2.05, 4.69) is 15.5 Å². The highest BCUT2D eigenvalue weighted by Crippen LogP contribution is 2.48. The van der Waals surface area contributed by atoms with Crippen molar-refractivity contribution in [1.29, 1.82) is 5.26 Å². The number of hydrogen-bond acceptors (Lipinski definition) is 7. The van der Waals surface area contributed by atoms with Gasteiger partial charge in [-0.2, -0.15) is 5.26 Å². The van der Waals surface area contributed by atoms with E-state index in [0.717, 1.165) is 36.0 Å². The number of aromatic nitrogens is 1. The molecule has 0 atom stereocenters. The molecule has 0 unspecified atom stereocenters. The fourth-order valence-electron chi connectivity index (χ4n) is 4.47. The van der Waals surface area contributed by atoms with Crippen LogP contribution >= 0.6 is 0 Å². The molecule has 154 valence electrons. The Bertz CT molecular complexity index is 1020. The summed E-state index contributed by atoms with van der Waals surface area (Å²) in [5.74, 6) is 0.115. The molecule has 2 aliphatic rings. The van der Waals surface area contributed by atoms with Crippen molar-refractivity contribution in [3.05, 3.63) is 47.9 Å². The second-order valence-corrected chi connectivity index (χ2v) is 8.00. The van der Waals surface area contributed by atoms with Crippen LogP contribution in [-0.4, -0.2) is 48.4 Å². The summed E-state index contributed by atoms with van der Waals surface area (Å²) in [6, 6.07) is 9.61. The van der Waals surface area contributed by atoms with Crippen LogP contribution in [0, 0.1) is 16.9 Å². The average molecular weight is 404 g/mol. The Kier molecular flexibility index (Phi) is 5.27. The lowest BCUT2D eigenvalue weighted by Crippen LogP contribution is -2.49. The van der Waals surface area contributed by atoms with E-state index in [1.165, 1.54) is 6.20 Å². The van der Waals surface area contributed by atoms with Crippen LogP contribution in [0.3, 0.4) is 0 Å². The maximum Gasteiger partial charge on any atom is 0.292 e. The third-order valence-electron chi connectivity index (χ3n) is 6.04. The minimum Gasteiger partial charge on any atom is -0.404 e. The highest BCUT2D eigenvalue weighted by molar-refractivity contribution is 6.09. The molecule has 8 nitrogen and oxygen atoms in total. The average Bonchev–Trinajstić information content (AvgIpc) is 3.40. The minimum atomic E-state index is -0.133. The molecule has 1 spiro atoms. The fraction of sp³-hybridized carbons (Fsp3) is 0.364. The third-order valence-corrected chi connectivity index (χ3v) is 6.04. The quantitative estimate of drug-likeness (QED) is 0.448. The Balaban J connectivity index is 1.42. The molecular weight excluding hydrogens is 380 g/mol. The van der Waals surface area contributed by atoms with Gasteiger partial charge in [0.25, 0.3) is 5.91 Å². The SMILES string of the molecule is CN=C/C(=C\N)c1ccc(-c2cc(C(=O)N3CCC4(CC(NC#N)C4)C3)on2)cc1. The van der Waals surface area contributed by atoms with Gasteiger partial charge in [0, 0.05) is 55.8 Å². The smallest absolute Gasteiger partial charge is 0.292 e. The van der Waals surface area contributed by atoms with Crippen LogP contribution in [0.5, 0.6) is 0 Å². The number of nitrogens with zero attached hydrogens (tertiary/aromatic N) is 4. The van der Waals surface area contributed by atoms with Crippen molar-refractivity contribution in [2.75, 3.05) is 20.1 Å². The highest BCUT2D eigenvalue weighted by Gasteiger charge is 2.49. The molecule has 8 heteroatoms. The van der Waals surface area contributed by atoms with Crippen molar-refractivity contribution in [3.63, 3.8) is 0 Å². The summed E-state index contributed by atoms with van der Waals surface area (Å²) in [4.78, 5) is 18.7. The largest absolute Gasteiger partial charge is 0.404 e. The number of rotatable bonds is 5. The van der Waals surface area contributed by atoms with Gasteiger partial charge in [-0.25, -0.2) is 0 Å². The summed E-state index contributed by atoms with van der Waals surface area (Å²) in [5, 5.41) is 15.6. The summed E-state index contributed by atoms with van der Waals surface area (Å²) in [5.41, 5.74) is 9.03. The van der Waals surface area contributed by atoms with E-state index in [1.54, 1.807) is 19.3 Å². The third kappa shape index (κ3) is 3.66. The summed E-state index contributed by atoms with van der Waals surface area (Å²) < 4.78 is 5.36. The number of nitrogens with two attached hydrogens (primary N) is 1. The Hall–Kier alpha value is -3.60. The van der Waals surface area contributed by atoms with Gasteiger partial charge < -0.3 is 20.5 Å². The Morgan fingerprint density at radius 2 is 2.20 bits per heavy atom. The van der Waals surface area contributed by atoms with Crippen LogP contribution in [0.2, 0.25) is 0 Å². The van der Waals surface area contributed by atoms with E-state index in [1.807, 2.05) is 35.4 Å². The number of benzene rings is 1. The normalized spacial score (nSPS) is 23.5. The first-order valence-electron chi connectivity index (χ1n) is 9.93. The van der Waals surface area contributed by atoms with E-state index in [4.69, 9.17) is 15.5 Å². The van der Waals surface area contributed by atoms with Crippen molar-refractivity contribution in [3.8, 4) is 17.5 Å². The summed E-state index contributed by atoms with van der Waals surface area (Å²) in [7, 11) is 1.69. The summed E-state index contributed by atoms with van der Waals surface area (Å²) >= 11 is 0. The number of amides is 1. The van der Waals surface area contributed by atoms with Crippen LogP contribution in [-0.2, 0) is 0 Å². The van der Waals surface area contributed by atoms with Crippen LogP contribution in [0.1, 0.15) is 35.4 Å². The molecule has 3 N–H and O–H groups in total. The summed E-state index contributed by atoms with van der Waals surface area (Å²) in [6.45, 7) is 1.41. The molecule has 2 fully saturated rings. The van der Waals surface area contributed by atoms with Gasteiger partial charge in [0.05, 0.1) is 0 Å².